The Bertz CT molecular complexity index is 252. The van der Waals surface area contributed by atoms with Crippen LogP contribution in [0.25, 0.3) is 0 Å². The predicted octanol–water partition coefficient (Wildman–Crippen LogP) is -0.953. The summed E-state index contributed by atoms with van der Waals surface area (Å²) in [5, 5.41) is 28.1. The van der Waals surface area contributed by atoms with Crippen LogP contribution >= 0.6 is 7.60 Å². The van der Waals surface area contributed by atoms with Gasteiger partial charge in [0.1, 0.15) is 6.10 Å². The van der Waals surface area contributed by atoms with E-state index in [1.54, 1.807) is 0 Å². The first-order valence-electron chi connectivity index (χ1n) is 4.90. The van der Waals surface area contributed by atoms with E-state index in [0.717, 1.165) is 0 Å². The maximum atomic E-state index is 10.6. The zero-order valence-corrected chi connectivity index (χ0v) is 9.12. The zero-order valence-electron chi connectivity index (χ0n) is 8.23. The van der Waals surface area contributed by atoms with E-state index in [1.165, 1.54) is 0 Å². The normalized spacial score (nSPS) is 37.9. The van der Waals surface area contributed by atoms with Gasteiger partial charge in [-0.25, -0.2) is 0 Å². The third-order valence-electron chi connectivity index (χ3n) is 2.85. The summed E-state index contributed by atoms with van der Waals surface area (Å²) in [5.74, 6) is -0.351. The standard InChI is InChI=1S/C8H17O6P/c9-6-2-1-5(7(10)8(6)11)3-4-15(12,13)14/h5-11H,1-4H2,(H2,12,13,14)/t5-,6-,7-,8-/m1/s1. The molecule has 0 saturated heterocycles. The largest absolute Gasteiger partial charge is 0.390 e. The van der Waals surface area contributed by atoms with Crippen LogP contribution in [-0.2, 0) is 4.57 Å². The fourth-order valence-corrected chi connectivity index (χ4v) is 2.55. The Morgan fingerprint density at radius 2 is 1.67 bits per heavy atom. The van der Waals surface area contributed by atoms with E-state index >= 15 is 0 Å². The molecule has 7 heteroatoms. The number of hydrogen-bond donors (Lipinski definition) is 5. The van der Waals surface area contributed by atoms with E-state index in [2.05, 4.69) is 0 Å². The highest BCUT2D eigenvalue weighted by Gasteiger charge is 2.36. The van der Waals surface area contributed by atoms with E-state index in [0.29, 0.717) is 12.8 Å². The Kier molecular flexibility index (Phi) is 4.29. The fraction of sp³-hybridized carbons (Fsp3) is 1.00. The van der Waals surface area contributed by atoms with Gasteiger partial charge in [-0.1, -0.05) is 0 Å². The lowest BCUT2D eigenvalue weighted by molar-refractivity contribution is -0.110. The van der Waals surface area contributed by atoms with Gasteiger partial charge in [0.15, 0.2) is 0 Å². The molecule has 1 saturated carbocycles. The van der Waals surface area contributed by atoms with Crippen molar-refractivity contribution in [2.75, 3.05) is 6.16 Å². The van der Waals surface area contributed by atoms with Crippen LogP contribution in [0, 0.1) is 5.92 Å². The van der Waals surface area contributed by atoms with Crippen molar-refractivity contribution in [3.8, 4) is 0 Å². The van der Waals surface area contributed by atoms with Gasteiger partial charge in [-0.2, -0.15) is 0 Å². The number of hydrogen-bond acceptors (Lipinski definition) is 4. The third kappa shape index (κ3) is 3.83. The van der Waals surface area contributed by atoms with Gasteiger partial charge in [-0.05, 0) is 25.2 Å². The molecule has 1 aliphatic rings. The highest BCUT2D eigenvalue weighted by molar-refractivity contribution is 7.51. The second-order valence-electron chi connectivity index (χ2n) is 4.06. The zero-order chi connectivity index (χ0) is 11.6. The van der Waals surface area contributed by atoms with Gasteiger partial charge in [-0.3, -0.25) is 4.57 Å². The molecule has 0 aromatic carbocycles. The molecule has 0 aliphatic heterocycles. The quantitative estimate of drug-likeness (QED) is 0.406. The molecule has 6 nitrogen and oxygen atoms in total. The Hall–Kier alpha value is 0.0300. The average Bonchev–Trinajstić information content (AvgIpc) is 2.12. The first-order valence-corrected chi connectivity index (χ1v) is 6.70. The van der Waals surface area contributed by atoms with Crippen molar-refractivity contribution in [2.45, 2.75) is 37.6 Å². The minimum absolute atomic E-state index is 0.162. The molecule has 0 unspecified atom stereocenters. The summed E-state index contributed by atoms with van der Waals surface area (Å²) in [4.78, 5) is 17.3. The molecule has 1 rings (SSSR count). The van der Waals surface area contributed by atoms with Crippen LogP contribution in [0.1, 0.15) is 19.3 Å². The lowest BCUT2D eigenvalue weighted by atomic mass is 9.81. The monoisotopic (exact) mass is 240 g/mol. The molecule has 0 spiro atoms. The van der Waals surface area contributed by atoms with Crippen molar-refractivity contribution in [3.63, 3.8) is 0 Å². The lowest BCUT2D eigenvalue weighted by Gasteiger charge is -2.35. The Labute approximate surface area is 87.7 Å². The molecule has 15 heavy (non-hydrogen) atoms. The fourth-order valence-electron chi connectivity index (χ4n) is 1.88. The second kappa shape index (κ2) is 4.91. The maximum Gasteiger partial charge on any atom is 0.325 e. The van der Waals surface area contributed by atoms with Crippen molar-refractivity contribution >= 4 is 7.60 Å². The molecule has 0 heterocycles. The summed E-state index contributed by atoms with van der Waals surface area (Å²) in [7, 11) is -4.05. The number of aliphatic hydroxyl groups excluding tert-OH is 3. The molecule has 0 amide bonds. The van der Waals surface area contributed by atoms with Crippen molar-refractivity contribution in [2.24, 2.45) is 5.92 Å². The van der Waals surface area contributed by atoms with Crippen molar-refractivity contribution in [1.29, 1.82) is 0 Å². The van der Waals surface area contributed by atoms with Crippen molar-refractivity contribution < 1.29 is 29.7 Å². The highest BCUT2D eigenvalue weighted by Crippen LogP contribution is 2.38. The molecule has 1 fully saturated rings. The summed E-state index contributed by atoms with van der Waals surface area (Å²) in [6.07, 6.45) is -2.55. The lowest BCUT2D eigenvalue weighted by Crippen LogP contribution is -2.46. The summed E-state index contributed by atoms with van der Waals surface area (Å²) >= 11 is 0. The molecule has 1 aliphatic carbocycles. The van der Waals surface area contributed by atoms with Gasteiger partial charge in [0.2, 0.25) is 0 Å². The van der Waals surface area contributed by atoms with Gasteiger partial charge in [0, 0.05) is 0 Å². The van der Waals surface area contributed by atoms with Crippen LogP contribution in [0.2, 0.25) is 0 Å². The Balaban J connectivity index is 2.46. The topological polar surface area (TPSA) is 118 Å². The molecule has 90 valence electrons. The van der Waals surface area contributed by atoms with Crippen LogP contribution in [0.15, 0.2) is 0 Å². The van der Waals surface area contributed by atoms with E-state index in [9.17, 15) is 19.9 Å². The molecule has 5 N–H and O–H groups in total. The second-order valence-corrected chi connectivity index (χ2v) is 5.84. The maximum absolute atomic E-state index is 10.6. The molecule has 0 radical (unpaired) electrons. The molecule has 0 bridgehead atoms. The van der Waals surface area contributed by atoms with Crippen molar-refractivity contribution in [1.82, 2.24) is 0 Å². The van der Waals surface area contributed by atoms with Crippen molar-refractivity contribution in [3.05, 3.63) is 0 Å². The van der Waals surface area contributed by atoms with E-state index in [1.807, 2.05) is 0 Å². The smallest absolute Gasteiger partial charge is 0.325 e. The summed E-state index contributed by atoms with van der Waals surface area (Å²) < 4.78 is 10.6. The van der Waals surface area contributed by atoms with Crippen LogP contribution in [0.5, 0.6) is 0 Å². The van der Waals surface area contributed by atoms with Gasteiger partial charge in [0.25, 0.3) is 0 Å². The summed E-state index contributed by atoms with van der Waals surface area (Å²) in [6.45, 7) is 0. The van der Waals surface area contributed by atoms with E-state index in [4.69, 9.17) is 9.79 Å². The van der Waals surface area contributed by atoms with E-state index in [-0.39, 0.29) is 18.5 Å². The SMILES string of the molecule is O=P(O)(O)CC[C@H]1CC[C@@H](O)[C@@H](O)[C@@H]1O. The minimum atomic E-state index is -4.05. The molecular weight excluding hydrogens is 223 g/mol. The van der Waals surface area contributed by atoms with Crippen LogP contribution in [0.4, 0.5) is 0 Å². The Morgan fingerprint density at radius 3 is 2.20 bits per heavy atom. The number of aliphatic hydroxyl groups is 3. The first kappa shape index (κ1) is 13.1. The van der Waals surface area contributed by atoms with E-state index < -0.39 is 25.9 Å². The summed E-state index contributed by atoms with van der Waals surface area (Å²) in [6, 6.07) is 0. The molecule has 0 aromatic heterocycles. The van der Waals surface area contributed by atoms with Crippen LogP contribution in [0.3, 0.4) is 0 Å². The van der Waals surface area contributed by atoms with Gasteiger partial charge >= 0.3 is 7.60 Å². The molecular formula is C8H17O6P. The third-order valence-corrected chi connectivity index (χ3v) is 3.69. The average molecular weight is 240 g/mol. The predicted molar refractivity (Wildman–Crippen MR) is 52.3 cm³/mol. The van der Waals surface area contributed by atoms with Crippen LogP contribution in [-0.4, -0.2) is 49.6 Å². The first-order chi connectivity index (χ1) is 6.81. The highest BCUT2D eigenvalue weighted by atomic mass is 31.2. The van der Waals surface area contributed by atoms with Gasteiger partial charge in [0.05, 0.1) is 18.4 Å². The summed E-state index contributed by atoms with van der Waals surface area (Å²) in [5.41, 5.74) is 0. The minimum Gasteiger partial charge on any atom is -0.390 e. The molecule has 0 aromatic rings. The van der Waals surface area contributed by atoms with Gasteiger partial charge < -0.3 is 25.1 Å². The number of rotatable bonds is 3. The van der Waals surface area contributed by atoms with Gasteiger partial charge in [-0.15, -0.1) is 0 Å². The molecule has 4 atom stereocenters. The van der Waals surface area contributed by atoms with Crippen LogP contribution < -0.4 is 0 Å². The Morgan fingerprint density at radius 1 is 1.07 bits per heavy atom.